The van der Waals surface area contributed by atoms with Crippen LogP contribution in [0.4, 0.5) is 0 Å². The molecular formula is C10H12NO2P. The van der Waals surface area contributed by atoms with E-state index in [1.165, 1.54) is 5.56 Å². The van der Waals surface area contributed by atoms with Gasteiger partial charge in [0.05, 0.1) is 0 Å². The first-order valence-corrected chi connectivity index (χ1v) is 5.01. The first kappa shape index (κ1) is 9.63. The summed E-state index contributed by atoms with van der Waals surface area (Å²) in [5.74, 6) is -0.755. The minimum Gasteiger partial charge on any atom is -0.480 e. The molecule has 0 aromatic heterocycles. The summed E-state index contributed by atoms with van der Waals surface area (Å²) in [6, 6.07) is 7.58. The molecule has 2 unspecified atom stereocenters. The maximum atomic E-state index is 10.9. The molecule has 0 radical (unpaired) electrons. The number of hydrogen-bond acceptors (Lipinski definition) is 2. The Morgan fingerprint density at radius 3 is 2.71 bits per heavy atom. The smallest absolute Gasteiger partial charge is 0.321 e. The number of hydrogen-bond donors (Lipinski definition) is 1. The Kier molecular flexibility index (Phi) is 2.53. The van der Waals surface area contributed by atoms with Gasteiger partial charge in [-0.15, -0.1) is 0 Å². The van der Waals surface area contributed by atoms with Crippen LogP contribution in [0.1, 0.15) is 11.1 Å². The molecule has 0 saturated carbocycles. The van der Waals surface area contributed by atoms with Crippen molar-refractivity contribution in [1.82, 2.24) is 4.67 Å². The largest absolute Gasteiger partial charge is 0.480 e. The molecule has 0 aliphatic carbocycles. The van der Waals surface area contributed by atoms with Gasteiger partial charge in [-0.3, -0.25) is 9.46 Å². The molecule has 0 fully saturated rings. The minimum atomic E-state index is -0.755. The molecule has 2 rings (SSSR count). The number of carboxylic acid groups (broad SMARTS) is 1. The van der Waals surface area contributed by atoms with Gasteiger partial charge in [0.1, 0.15) is 6.04 Å². The number of benzene rings is 1. The summed E-state index contributed by atoms with van der Waals surface area (Å²) in [5.41, 5.74) is 2.37. The number of fused-ring (bicyclic) bond motifs is 1. The molecule has 1 N–H and O–H groups in total. The van der Waals surface area contributed by atoms with Gasteiger partial charge < -0.3 is 5.11 Å². The van der Waals surface area contributed by atoms with E-state index in [1.54, 1.807) is 4.67 Å². The maximum Gasteiger partial charge on any atom is 0.321 e. The summed E-state index contributed by atoms with van der Waals surface area (Å²) in [6.07, 6.45) is 0.592. The van der Waals surface area contributed by atoms with E-state index in [0.717, 1.165) is 5.56 Å². The average molecular weight is 209 g/mol. The van der Waals surface area contributed by atoms with Crippen LogP contribution in [-0.2, 0) is 17.8 Å². The quantitative estimate of drug-likeness (QED) is 0.708. The Bertz CT molecular complexity index is 367. The topological polar surface area (TPSA) is 40.5 Å². The Balaban J connectivity index is 2.31. The highest BCUT2D eigenvalue weighted by Gasteiger charge is 2.28. The summed E-state index contributed by atoms with van der Waals surface area (Å²) in [6.45, 7) is 0.692. The van der Waals surface area contributed by atoms with Crippen molar-refractivity contribution in [2.75, 3.05) is 0 Å². The van der Waals surface area contributed by atoms with Crippen molar-refractivity contribution in [2.24, 2.45) is 0 Å². The zero-order chi connectivity index (χ0) is 10.1. The van der Waals surface area contributed by atoms with Gasteiger partial charge in [-0.25, -0.2) is 0 Å². The van der Waals surface area contributed by atoms with Crippen LogP contribution in [0.15, 0.2) is 24.3 Å². The standard InChI is InChI=1S/C10H12NO2P/c12-10(13)9-5-7-3-1-2-4-8(7)6-11(9)14/h1-4,9H,5-6,14H2,(H,12,13). The molecule has 0 spiro atoms. The fraction of sp³-hybridized carbons (Fsp3) is 0.300. The van der Waals surface area contributed by atoms with Crippen LogP contribution in [0.3, 0.4) is 0 Å². The second kappa shape index (κ2) is 3.68. The van der Waals surface area contributed by atoms with E-state index in [2.05, 4.69) is 9.39 Å². The molecule has 74 valence electrons. The summed E-state index contributed by atoms with van der Waals surface area (Å²) in [4.78, 5) is 10.9. The van der Waals surface area contributed by atoms with Crippen molar-refractivity contribution in [2.45, 2.75) is 19.0 Å². The molecule has 1 aromatic rings. The summed E-state index contributed by atoms with van der Waals surface area (Å²) in [5, 5.41) is 8.98. The Labute approximate surface area is 85.0 Å². The average Bonchev–Trinajstić information content (AvgIpc) is 2.16. The molecule has 1 aliphatic heterocycles. The molecule has 3 nitrogen and oxygen atoms in total. The Hall–Kier alpha value is -0.920. The second-order valence-electron chi connectivity index (χ2n) is 3.50. The molecule has 0 saturated heterocycles. The highest BCUT2D eigenvalue weighted by molar-refractivity contribution is 7.13. The predicted octanol–water partition coefficient (Wildman–Crippen LogP) is 1.29. The van der Waals surface area contributed by atoms with Gasteiger partial charge in [0, 0.05) is 6.54 Å². The number of rotatable bonds is 1. The number of carbonyl (C=O) groups is 1. The first-order chi connectivity index (χ1) is 6.68. The van der Waals surface area contributed by atoms with Crippen molar-refractivity contribution in [3.05, 3.63) is 35.4 Å². The first-order valence-electron chi connectivity index (χ1n) is 4.49. The molecule has 0 amide bonds. The van der Waals surface area contributed by atoms with E-state index in [9.17, 15) is 4.79 Å². The Morgan fingerprint density at radius 2 is 2.07 bits per heavy atom. The molecule has 0 bridgehead atoms. The highest BCUT2D eigenvalue weighted by atomic mass is 31.0. The van der Waals surface area contributed by atoms with E-state index in [4.69, 9.17) is 5.11 Å². The lowest BCUT2D eigenvalue weighted by Crippen LogP contribution is -2.39. The molecule has 1 aromatic carbocycles. The van der Waals surface area contributed by atoms with E-state index in [1.807, 2.05) is 24.3 Å². The van der Waals surface area contributed by atoms with E-state index in [0.29, 0.717) is 13.0 Å². The fourth-order valence-corrected chi connectivity index (χ4v) is 2.20. The van der Waals surface area contributed by atoms with E-state index < -0.39 is 12.0 Å². The third-order valence-electron chi connectivity index (χ3n) is 2.57. The number of carboxylic acids is 1. The van der Waals surface area contributed by atoms with Gasteiger partial charge in [-0.1, -0.05) is 33.7 Å². The summed E-state index contributed by atoms with van der Waals surface area (Å²) >= 11 is 0. The lowest BCUT2D eigenvalue weighted by molar-refractivity contribution is -0.141. The third-order valence-corrected chi connectivity index (χ3v) is 3.11. The van der Waals surface area contributed by atoms with Crippen molar-refractivity contribution in [1.29, 1.82) is 0 Å². The van der Waals surface area contributed by atoms with Gasteiger partial charge >= 0.3 is 5.97 Å². The van der Waals surface area contributed by atoms with Crippen LogP contribution >= 0.6 is 9.39 Å². The second-order valence-corrected chi connectivity index (χ2v) is 4.16. The molecule has 1 aliphatic rings. The number of nitrogens with zero attached hydrogens (tertiary/aromatic N) is 1. The van der Waals surface area contributed by atoms with Crippen molar-refractivity contribution < 1.29 is 9.90 Å². The van der Waals surface area contributed by atoms with E-state index >= 15 is 0 Å². The lowest BCUT2D eigenvalue weighted by atomic mass is 9.96. The SMILES string of the molecule is O=C(O)C1Cc2ccccc2CN1P. The van der Waals surface area contributed by atoms with Crippen LogP contribution < -0.4 is 0 Å². The fourth-order valence-electron chi connectivity index (χ4n) is 1.77. The zero-order valence-electron chi connectivity index (χ0n) is 7.68. The van der Waals surface area contributed by atoms with Crippen LogP contribution in [0.25, 0.3) is 0 Å². The monoisotopic (exact) mass is 209 g/mol. The van der Waals surface area contributed by atoms with Crippen molar-refractivity contribution >= 4 is 15.4 Å². The minimum absolute atomic E-state index is 0.408. The predicted molar refractivity (Wildman–Crippen MR) is 56.8 cm³/mol. The van der Waals surface area contributed by atoms with Crippen LogP contribution in [-0.4, -0.2) is 21.8 Å². The number of aliphatic carboxylic acids is 1. The Morgan fingerprint density at radius 1 is 1.43 bits per heavy atom. The molecule has 4 heteroatoms. The maximum absolute atomic E-state index is 10.9. The van der Waals surface area contributed by atoms with Gasteiger partial charge in [-0.05, 0) is 17.5 Å². The summed E-state index contributed by atoms with van der Waals surface area (Å²) < 4.78 is 1.80. The van der Waals surface area contributed by atoms with Gasteiger partial charge in [0.2, 0.25) is 0 Å². The highest BCUT2D eigenvalue weighted by Crippen LogP contribution is 2.25. The van der Waals surface area contributed by atoms with Crippen LogP contribution in [0, 0.1) is 0 Å². The molecule has 2 atom stereocenters. The van der Waals surface area contributed by atoms with Crippen molar-refractivity contribution in [3.8, 4) is 0 Å². The van der Waals surface area contributed by atoms with Gasteiger partial charge in [0.25, 0.3) is 0 Å². The molecule has 1 heterocycles. The van der Waals surface area contributed by atoms with E-state index in [-0.39, 0.29) is 0 Å². The lowest BCUT2D eigenvalue weighted by Gasteiger charge is -2.30. The van der Waals surface area contributed by atoms with Gasteiger partial charge in [-0.2, -0.15) is 0 Å². The normalized spacial score (nSPS) is 21.6. The molecule has 14 heavy (non-hydrogen) atoms. The zero-order valence-corrected chi connectivity index (χ0v) is 8.84. The van der Waals surface area contributed by atoms with Crippen LogP contribution in [0.5, 0.6) is 0 Å². The van der Waals surface area contributed by atoms with Crippen LogP contribution in [0.2, 0.25) is 0 Å². The summed E-state index contributed by atoms with van der Waals surface area (Å²) in [7, 11) is 2.49. The van der Waals surface area contributed by atoms with Gasteiger partial charge in [0.15, 0.2) is 0 Å². The third kappa shape index (κ3) is 1.66. The molecular weight excluding hydrogens is 197 g/mol. The van der Waals surface area contributed by atoms with Crippen molar-refractivity contribution in [3.63, 3.8) is 0 Å².